The molecule has 1 aromatic heterocycles. The normalized spacial score (nSPS) is 21.1. The van der Waals surface area contributed by atoms with E-state index in [2.05, 4.69) is 23.4 Å². The molecule has 1 aromatic rings. The van der Waals surface area contributed by atoms with Crippen LogP contribution in [0, 0.1) is 0 Å². The smallest absolute Gasteiger partial charge is 0.275 e. The summed E-state index contributed by atoms with van der Waals surface area (Å²) < 4.78 is 0. The number of thiophene rings is 1. The average Bonchev–Trinajstić information content (AvgIpc) is 2.85. The molecule has 1 saturated heterocycles. The molecule has 0 aromatic carbocycles. The van der Waals surface area contributed by atoms with Gasteiger partial charge in [0.05, 0.1) is 4.88 Å². The second-order valence-corrected chi connectivity index (χ2v) is 6.63. The Labute approximate surface area is 118 Å². The van der Waals surface area contributed by atoms with Crippen LogP contribution in [0.1, 0.15) is 33.0 Å². The number of hydrazine groups is 1. The van der Waals surface area contributed by atoms with Crippen LogP contribution < -0.4 is 5.43 Å². The number of aryl methyl sites for hydroxylation is 2. The van der Waals surface area contributed by atoms with E-state index in [1.807, 2.05) is 5.01 Å². The molecule has 1 aliphatic heterocycles. The number of carbonyl (C=O) groups is 1. The van der Waals surface area contributed by atoms with Crippen LogP contribution in [0.25, 0.3) is 0 Å². The van der Waals surface area contributed by atoms with Crippen molar-refractivity contribution in [3.63, 3.8) is 0 Å². The minimum atomic E-state index is 0.0731. The van der Waals surface area contributed by atoms with Crippen molar-refractivity contribution in [2.24, 2.45) is 0 Å². The first-order chi connectivity index (χ1) is 9.22. The quantitative estimate of drug-likeness (QED) is 0.891. The lowest BCUT2D eigenvalue weighted by molar-refractivity contribution is 0.0666. The molecule has 0 radical (unpaired) electrons. The van der Waals surface area contributed by atoms with Gasteiger partial charge in [-0.2, -0.15) is 0 Å². The summed E-state index contributed by atoms with van der Waals surface area (Å²) >= 11 is 1.68. The largest absolute Gasteiger partial charge is 0.304 e. The molecule has 0 atom stereocenters. The molecule has 0 spiro atoms. The maximum atomic E-state index is 12.3. The van der Waals surface area contributed by atoms with Gasteiger partial charge in [0.2, 0.25) is 0 Å². The van der Waals surface area contributed by atoms with Gasteiger partial charge in [0.1, 0.15) is 0 Å². The first kappa shape index (κ1) is 13.1. The van der Waals surface area contributed by atoms with E-state index < -0.39 is 0 Å². The first-order valence-electron chi connectivity index (χ1n) is 7.08. The topological polar surface area (TPSA) is 35.6 Å². The molecular weight excluding hydrogens is 258 g/mol. The Morgan fingerprint density at radius 3 is 2.68 bits per heavy atom. The number of hydrogen-bond donors (Lipinski definition) is 1. The zero-order valence-corrected chi connectivity index (χ0v) is 12.3. The summed E-state index contributed by atoms with van der Waals surface area (Å²) in [7, 11) is 2.12. The highest BCUT2D eigenvalue weighted by Gasteiger charge is 2.20. The maximum absolute atomic E-state index is 12.3. The summed E-state index contributed by atoms with van der Waals surface area (Å²) in [6, 6.07) is 2.10. The number of nitrogens with zero attached hydrogens (tertiary/aromatic N) is 2. The van der Waals surface area contributed by atoms with Crippen molar-refractivity contribution in [3.05, 3.63) is 21.4 Å². The van der Waals surface area contributed by atoms with Crippen molar-refractivity contribution in [2.45, 2.75) is 25.7 Å². The number of hydrogen-bond acceptors (Lipinski definition) is 4. The molecule has 2 aliphatic rings. The fraction of sp³-hybridized carbons (Fsp3) is 0.643. The maximum Gasteiger partial charge on any atom is 0.275 e. The van der Waals surface area contributed by atoms with E-state index in [0.717, 1.165) is 43.9 Å². The molecule has 1 aliphatic carbocycles. The van der Waals surface area contributed by atoms with Gasteiger partial charge in [0.25, 0.3) is 5.91 Å². The van der Waals surface area contributed by atoms with Crippen molar-refractivity contribution in [1.29, 1.82) is 0 Å². The number of fused-ring (bicyclic) bond motifs is 1. The van der Waals surface area contributed by atoms with Gasteiger partial charge in [-0.3, -0.25) is 10.2 Å². The average molecular weight is 279 g/mol. The highest BCUT2D eigenvalue weighted by molar-refractivity contribution is 7.14. The molecule has 3 rings (SSSR count). The van der Waals surface area contributed by atoms with Gasteiger partial charge in [-0.1, -0.05) is 0 Å². The number of rotatable bonds is 2. The summed E-state index contributed by atoms with van der Waals surface area (Å²) in [6.45, 7) is 3.85. The van der Waals surface area contributed by atoms with Gasteiger partial charge in [-0.25, -0.2) is 5.01 Å². The van der Waals surface area contributed by atoms with Crippen molar-refractivity contribution >= 4 is 17.2 Å². The van der Waals surface area contributed by atoms with Gasteiger partial charge in [-0.05, 0) is 44.4 Å². The van der Waals surface area contributed by atoms with Crippen LogP contribution in [-0.4, -0.2) is 49.0 Å². The van der Waals surface area contributed by atoms with Gasteiger partial charge in [0, 0.05) is 31.1 Å². The SMILES string of the molecule is CN1CCN(NC(=O)c2cc3c(s2)CCCC3)CC1. The lowest BCUT2D eigenvalue weighted by atomic mass is 9.99. The molecule has 1 N–H and O–H groups in total. The summed E-state index contributed by atoms with van der Waals surface area (Å²) in [6.07, 6.45) is 4.84. The van der Waals surface area contributed by atoms with E-state index in [9.17, 15) is 4.79 Å². The molecule has 104 valence electrons. The Balaban J connectivity index is 1.62. The minimum absolute atomic E-state index is 0.0731. The second-order valence-electron chi connectivity index (χ2n) is 5.50. The molecule has 2 heterocycles. The molecular formula is C14H21N3OS. The Kier molecular flexibility index (Phi) is 3.86. The summed E-state index contributed by atoms with van der Waals surface area (Å²) in [5, 5.41) is 2.04. The summed E-state index contributed by atoms with van der Waals surface area (Å²) in [4.78, 5) is 16.8. The Morgan fingerprint density at radius 2 is 1.95 bits per heavy atom. The number of likely N-dealkylation sites (N-methyl/N-ethyl adjacent to an activating group) is 1. The van der Waals surface area contributed by atoms with Crippen LogP contribution in [-0.2, 0) is 12.8 Å². The predicted octanol–water partition coefficient (Wildman–Crippen LogP) is 1.52. The zero-order valence-electron chi connectivity index (χ0n) is 11.4. The fourth-order valence-electron chi connectivity index (χ4n) is 2.72. The van der Waals surface area contributed by atoms with Crippen LogP contribution in [0.3, 0.4) is 0 Å². The monoisotopic (exact) mass is 279 g/mol. The van der Waals surface area contributed by atoms with Gasteiger partial charge in [0.15, 0.2) is 0 Å². The number of carbonyl (C=O) groups excluding carboxylic acids is 1. The molecule has 0 bridgehead atoms. The van der Waals surface area contributed by atoms with Gasteiger partial charge in [-0.15, -0.1) is 11.3 Å². The lowest BCUT2D eigenvalue weighted by Gasteiger charge is -2.32. The van der Waals surface area contributed by atoms with E-state index in [1.54, 1.807) is 11.3 Å². The Morgan fingerprint density at radius 1 is 1.21 bits per heavy atom. The van der Waals surface area contributed by atoms with Gasteiger partial charge >= 0.3 is 0 Å². The van der Waals surface area contributed by atoms with Crippen molar-refractivity contribution < 1.29 is 4.79 Å². The highest BCUT2D eigenvalue weighted by Crippen LogP contribution is 2.29. The molecule has 0 saturated carbocycles. The fourth-order valence-corrected chi connectivity index (χ4v) is 3.86. The van der Waals surface area contributed by atoms with Crippen LogP contribution in [0.4, 0.5) is 0 Å². The van der Waals surface area contributed by atoms with E-state index >= 15 is 0 Å². The minimum Gasteiger partial charge on any atom is -0.304 e. The molecule has 5 heteroatoms. The molecule has 1 fully saturated rings. The van der Waals surface area contributed by atoms with E-state index in [-0.39, 0.29) is 5.91 Å². The Hall–Kier alpha value is -0.910. The molecule has 0 unspecified atom stereocenters. The van der Waals surface area contributed by atoms with E-state index in [1.165, 1.54) is 23.3 Å². The first-order valence-corrected chi connectivity index (χ1v) is 7.90. The van der Waals surface area contributed by atoms with E-state index in [4.69, 9.17) is 0 Å². The van der Waals surface area contributed by atoms with Crippen LogP contribution >= 0.6 is 11.3 Å². The third-order valence-corrected chi connectivity index (χ3v) is 5.22. The van der Waals surface area contributed by atoms with Crippen molar-refractivity contribution in [2.75, 3.05) is 33.2 Å². The van der Waals surface area contributed by atoms with Gasteiger partial charge < -0.3 is 4.90 Å². The van der Waals surface area contributed by atoms with Crippen molar-refractivity contribution in [3.8, 4) is 0 Å². The predicted molar refractivity (Wildman–Crippen MR) is 77.5 cm³/mol. The molecule has 4 nitrogen and oxygen atoms in total. The number of piperazine rings is 1. The zero-order chi connectivity index (χ0) is 13.2. The lowest BCUT2D eigenvalue weighted by Crippen LogP contribution is -2.52. The summed E-state index contributed by atoms with van der Waals surface area (Å²) in [5.41, 5.74) is 4.45. The Bertz CT molecular complexity index is 440. The van der Waals surface area contributed by atoms with Crippen molar-refractivity contribution in [1.82, 2.24) is 15.3 Å². The second kappa shape index (κ2) is 5.61. The molecule has 1 amide bonds. The number of nitrogens with one attached hydrogen (secondary N) is 1. The van der Waals surface area contributed by atoms with Crippen LogP contribution in [0.5, 0.6) is 0 Å². The number of amides is 1. The van der Waals surface area contributed by atoms with Crippen LogP contribution in [0.15, 0.2) is 6.07 Å². The highest BCUT2D eigenvalue weighted by atomic mass is 32.1. The third kappa shape index (κ3) is 2.99. The molecule has 19 heavy (non-hydrogen) atoms. The third-order valence-electron chi connectivity index (χ3n) is 3.98. The summed E-state index contributed by atoms with van der Waals surface area (Å²) in [5.74, 6) is 0.0731. The van der Waals surface area contributed by atoms with Crippen LogP contribution in [0.2, 0.25) is 0 Å². The standard InChI is InChI=1S/C14H21N3OS/c1-16-6-8-17(9-7-16)15-14(18)13-10-11-4-2-3-5-12(11)19-13/h10H,2-9H2,1H3,(H,15,18). The van der Waals surface area contributed by atoms with E-state index in [0.29, 0.717) is 0 Å².